The minimum Gasteiger partial charge on any atom is -0.310 e. The van der Waals surface area contributed by atoms with Gasteiger partial charge in [0.15, 0.2) is 5.16 Å². The van der Waals surface area contributed by atoms with E-state index in [-0.39, 0.29) is 22.0 Å². The summed E-state index contributed by atoms with van der Waals surface area (Å²) in [6.45, 7) is 6.46. The number of fused-ring (bicyclic) bond motifs is 3. The molecule has 0 bridgehead atoms. The van der Waals surface area contributed by atoms with Crippen LogP contribution < -0.4 is 10.9 Å². The molecule has 0 atom stereocenters. The normalized spacial score (nSPS) is 14.7. The Kier molecular flexibility index (Phi) is 6.26. The van der Waals surface area contributed by atoms with Gasteiger partial charge in [0.1, 0.15) is 10.6 Å². The van der Waals surface area contributed by atoms with Gasteiger partial charge in [-0.05, 0) is 43.2 Å². The number of aryl methyl sites for hydroxylation is 1. The Morgan fingerprint density at radius 3 is 2.74 bits per heavy atom. The molecule has 5 rings (SSSR count). The van der Waals surface area contributed by atoms with Gasteiger partial charge in [0.05, 0.1) is 16.8 Å². The predicted molar refractivity (Wildman–Crippen MR) is 143 cm³/mol. The van der Waals surface area contributed by atoms with Crippen LogP contribution in [0.1, 0.15) is 29.9 Å². The van der Waals surface area contributed by atoms with Crippen LogP contribution in [-0.2, 0) is 17.0 Å². The van der Waals surface area contributed by atoms with E-state index in [4.69, 9.17) is 4.98 Å². The number of anilines is 1. The first-order valence-electron chi connectivity index (χ1n) is 10.9. The Morgan fingerprint density at radius 2 is 2.00 bits per heavy atom. The highest BCUT2D eigenvalue weighted by Gasteiger charge is 2.31. The van der Waals surface area contributed by atoms with Gasteiger partial charge in [-0.1, -0.05) is 49.4 Å². The second-order valence-corrected chi connectivity index (χ2v) is 12.5. The lowest BCUT2D eigenvalue weighted by Crippen LogP contribution is -2.26. The molecule has 34 heavy (non-hydrogen) atoms. The van der Waals surface area contributed by atoms with Gasteiger partial charge in [-0.3, -0.25) is 14.2 Å². The minimum atomic E-state index is -0.197. The lowest BCUT2D eigenvalue weighted by molar-refractivity contribution is -0.113. The molecular weight excluding hydrogens is 485 g/mol. The van der Waals surface area contributed by atoms with Crippen molar-refractivity contribution in [3.05, 3.63) is 75.0 Å². The van der Waals surface area contributed by atoms with Crippen molar-refractivity contribution in [1.82, 2.24) is 14.5 Å². The molecule has 1 aliphatic rings. The first-order chi connectivity index (χ1) is 16.3. The minimum absolute atomic E-state index is 0.0679. The maximum absolute atomic E-state index is 13.9. The summed E-state index contributed by atoms with van der Waals surface area (Å²) >= 11 is 4.78. The SMILES string of the molecule is Cc1ccc(-n2c(SCC(=O)Nc3ccccn3)nc3sc4c(c3c2=O)CC(C)(C)SC4)cc1. The van der Waals surface area contributed by atoms with Gasteiger partial charge >= 0.3 is 0 Å². The van der Waals surface area contributed by atoms with E-state index in [1.165, 1.54) is 16.6 Å². The number of nitrogens with zero attached hydrogens (tertiary/aromatic N) is 3. The predicted octanol–water partition coefficient (Wildman–Crippen LogP) is 5.45. The average molecular weight is 509 g/mol. The van der Waals surface area contributed by atoms with Gasteiger partial charge in [-0.2, -0.15) is 0 Å². The van der Waals surface area contributed by atoms with Crippen molar-refractivity contribution in [2.24, 2.45) is 0 Å². The Hall–Kier alpha value is -2.62. The number of amides is 1. The van der Waals surface area contributed by atoms with Crippen LogP contribution in [0, 0.1) is 6.92 Å². The molecule has 0 unspecified atom stereocenters. The third kappa shape index (κ3) is 4.64. The van der Waals surface area contributed by atoms with E-state index in [0.717, 1.165) is 39.2 Å². The quantitative estimate of drug-likeness (QED) is 0.285. The van der Waals surface area contributed by atoms with Gasteiger partial charge < -0.3 is 5.32 Å². The van der Waals surface area contributed by atoms with Crippen LogP contribution in [0.4, 0.5) is 5.82 Å². The molecule has 3 aromatic heterocycles. The number of hydrogen-bond donors (Lipinski definition) is 1. The van der Waals surface area contributed by atoms with E-state index in [9.17, 15) is 9.59 Å². The molecule has 1 amide bonds. The van der Waals surface area contributed by atoms with Crippen LogP contribution in [0.3, 0.4) is 0 Å². The summed E-state index contributed by atoms with van der Waals surface area (Å²) in [5, 5.41) is 4.03. The highest BCUT2D eigenvalue weighted by molar-refractivity contribution is 8.00. The number of rotatable bonds is 5. The molecule has 0 radical (unpaired) electrons. The van der Waals surface area contributed by atoms with Crippen LogP contribution in [0.25, 0.3) is 15.9 Å². The monoisotopic (exact) mass is 508 g/mol. The maximum atomic E-state index is 13.9. The summed E-state index contributed by atoms with van der Waals surface area (Å²) in [7, 11) is 0. The Morgan fingerprint density at radius 1 is 1.21 bits per heavy atom. The molecule has 0 spiro atoms. The molecule has 1 aromatic carbocycles. The van der Waals surface area contributed by atoms with Crippen LogP contribution in [0.15, 0.2) is 58.6 Å². The molecule has 9 heteroatoms. The van der Waals surface area contributed by atoms with Crippen molar-refractivity contribution >= 4 is 56.8 Å². The van der Waals surface area contributed by atoms with Crippen molar-refractivity contribution in [1.29, 1.82) is 0 Å². The Balaban J connectivity index is 1.56. The topological polar surface area (TPSA) is 76.9 Å². The van der Waals surface area contributed by atoms with Crippen molar-refractivity contribution < 1.29 is 4.79 Å². The highest BCUT2D eigenvalue weighted by atomic mass is 32.2. The zero-order valence-electron chi connectivity index (χ0n) is 19.1. The number of carbonyl (C=O) groups excluding carboxylic acids is 1. The number of thiophene rings is 1. The third-order valence-electron chi connectivity index (χ3n) is 5.63. The number of carbonyl (C=O) groups is 1. The Bertz CT molecular complexity index is 1430. The zero-order chi connectivity index (χ0) is 23.9. The number of hydrogen-bond acceptors (Lipinski definition) is 7. The molecule has 174 valence electrons. The fourth-order valence-electron chi connectivity index (χ4n) is 3.94. The maximum Gasteiger partial charge on any atom is 0.267 e. The second kappa shape index (κ2) is 9.20. The number of pyridine rings is 1. The lowest BCUT2D eigenvalue weighted by Gasteiger charge is -2.28. The van der Waals surface area contributed by atoms with E-state index in [1.54, 1.807) is 34.2 Å². The molecular formula is C25H24N4O2S3. The summed E-state index contributed by atoms with van der Waals surface area (Å²) in [5.41, 5.74) is 2.93. The van der Waals surface area contributed by atoms with Crippen LogP contribution in [0.5, 0.6) is 0 Å². The molecule has 0 aliphatic carbocycles. The second-order valence-electron chi connectivity index (χ2n) is 8.83. The van der Waals surface area contributed by atoms with Crippen LogP contribution >= 0.6 is 34.9 Å². The number of aromatic nitrogens is 3. The average Bonchev–Trinajstić information content (AvgIpc) is 3.16. The molecule has 1 N–H and O–H groups in total. The summed E-state index contributed by atoms with van der Waals surface area (Å²) in [6, 6.07) is 13.2. The van der Waals surface area contributed by atoms with Gasteiger partial charge in [0.2, 0.25) is 5.91 Å². The lowest BCUT2D eigenvalue weighted by atomic mass is 10.00. The number of benzene rings is 1. The van der Waals surface area contributed by atoms with E-state index in [2.05, 4.69) is 24.1 Å². The van der Waals surface area contributed by atoms with Gasteiger partial charge in [0, 0.05) is 21.6 Å². The largest absolute Gasteiger partial charge is 0.310 e. The fourth-order valence-corrected chi connectivity index (χ4v) is 7.13. The third-order valence-corrected chi connectivity index (χ3v) is 9.24. The summed E-state index contributed by atoms with van der Waals surface area (Å²) < 4.78 is 1.74. The summed E-state index contributed by atoms with van der Waals surface area (Å²) in [4.78, 5) is 37.5. The first kappa shape index (κ1) is 23.1. The first-order valence-corrected chi connectivity index (χ1v) is 13.7. The van der Waals surface area contributed by atoms with Crippen molar-refractivity contribution in [2.75, 3.05) is 11.1 Å². The zero-order valence-corrected chi connectivity index (χ0v) is 21.6. The molecule has 6 nitrogen and oxygen atoms in total. The Labute approximate surface area is 210 Å². The molecule has 1 aliphatic heterocycles. The molecule has 0 saturated carbocycles. The van der Waals surface area contributed by atoms with Gasteiger partial charge in [-0.25, -0.2) is 9.97 Å². The fraction of sp³-hybridized carbons (Fsp3) is 0.280. The van der Waals surface area contributed by atoms with E-state index in [0.29, 0.717) is 11.0 Å². The standard InChI is InChI=1S/C25H24N4O2S3/c1-15-7-9-16(10-8-15)29-23(31)21-17-12-25(2,3)33-13-18(17)34-22(21)28-24(29)32-14-20(30)27-19-6-4-5-11-26-19/h4-11H,12-14H2,1-3H3,(H,26,27,30). The number of thioether (sulfide) groups is 2. The van der Waals surface area contributed by atoms with Gasteiger partial charge in [0.25, 0.3) is 5.56 Å². The molecule has 4 heterocycles. The summed E-state index contributed by atoms with van der Waals surface area (Å²) in [5.74, 6) is 1.31. The molecule has 0 fully saturated rings. The number of nitrogens with one attached hydrogen (secondary N) is 1. The molecule has 4 aromatic rings. The van der Waals surface area contributed by atoms with Crippen LogP contribution in [-0.4, -0.2) is 30.9 Å². The smallest absolute Gasteiger partial charge is 0.267 e. The van der Waals surface area contributed by atoms with E-state index in [1.807, 2.05) is 49.0 Å². The van der Waals surface area contributed by atoms with Crippen molar-refractivity contribution in [3.63, 3.8) is 0 Å². The van der Waals surface area contributed by atoms with Gasteiger partial charge in [-0.15, -0.1) is 23.1 Å². The molecule has 0 saturated heterocycles. The van der Waals surface area contributed by atoms with Crippen molar-refractivity contribution in [3.8, 4) is 5.69 Å². The summed E-state index contributed by atoms with van der Waals surface area (Å²) in [6.07, 6.45) is 2.47. The van der Waals surface area contributed by atoms with E-state index < -0.39 is 0 Å². The van der Waals surface area contributed by atoms with Crippen LogP contribution in [0.2, 0.25) is 0 Å². The van der Waals surface area contributed by atoms with E-state index >= 15 is 0 Å². The highest BCUT2D eigenvalue weighted by Crippen LogP contribution is 2.44. The van der Waals surface area contributed by atoms with Crippen molar-refractivity contribution in [2.45, 2.75) is 42.8 Å².